The van der Waals surface area contributed by atoms with E-state index in [4.69, 9.17) is 9.15 Å². The summed E-state index contributed by atoms with van der Waals surface area (Å²) >= 11 is 3.25. The maximum absolute atomic E-state index is 11.5. The molecule has 1 aromatic rings. The molecule has 0 amide bonds. The molecule has 0 aliphatic carbocycles. The van der Waals surface area contributed by atoms with Gasteiger partial charge in [0.05, 0.1) is 6.54 Å². The monoisotopic (exact) mass is 287 g/mol. The minimum absolute atomic E-state index is 0.0169. The van der Waals surface area contributed by atoms with Crippen LogP contribution < -0.4 is 0 Å². The van der Waals surface area contributed by atoms with E-state index in [1.807, 2.05) is 31.0 Å². The third-order valence-corrected chi connectivity index (χ3v) is 3.14. The number of rotatable bonds is 3. The van der Waals surface area contributed by atoms with E-state index in [0.717, 1.165) is 12.2 Å². The van der Waals surface area contributed by atoms with Gasteiger partial charge in [0, 0.05) is 6.42 Å². The first kappa shape index (κ1) is 11.7. The van der Waals surface area contributed by atoms with E-state index in [1.165, 1.54) is 0 Å². The summed E-state index contributed by atoms with van der Waals surface area (Å²) in [5, 5.41) is 0. The molecule has 1 aliphatic heterocycles. The molecule has 0 bridgehead atoms. The second-order valence-corrected chi connectivity index (χ2v) is 4.90. The highest BCUT2D eigenvalue weighted by Gasteiger charge is 2.34. The van der Waals surface area contributed by atoms with Gasteiger partial charge in [-0.3, -0.25) is 9.69 Å². The number of cyclic esters (lactones) is 1. The van der Waals surface area contributed by atoms with E-state index >= 15 is 0 Å². The van der Waals surface area contributed by atoms with E-state index in [2.05, 4.69) is 15.9 Å². The van der Waals surface area contributed by atoms with Gasteiger partial charge in [-0.15, -0.1) is 0 Å². The Balaban J connectivity index is 1.98. The van der Waals surface area contributed by atoms with Crippen molar-refractivity contribution in [1.82, 2.24) is 4.90 Å². The van der Waals surface area contributed by atoms with E-state index in [9.17, 15) is 4.79 Å². The number of likely N-dealkylation sites (N-methyl/N-ethyl adjacent to an activating group) is 1. The highest BCUT2D eigenvalue weighted by Crippen LogP contribution is 2.22. The number of esters is 1. The summed E-state index contributed by atoms with van der Waals surface area (Å²) in [5.74, 6) is 0.697. The third kappa shape index (κ3) is 2.47. The summed E-state index contributed by atoms with van der Waals surface area (Å²) in [7, 11) is 1.90. The first-order valence-corrected chi connectivity index (χ1v) is 6.00. The van der Waals surface area contributed by atoms with E-state index in [-0.39, 0.29) is 18.1 Å². The first-order valence-electron chi connectivity index (χ1n) is 5.21. The molecule has 0 unspecified atom stereocenters. The second-order valence-electron chi connectivity index (χ2n) is 4.12. The summed E-state index contributed by atoms with van der Waals surface area (Å²) in [6, 6.07) is 3.59. The van der Waals surface area contributed by atoms with Gasteiger partial charge >= 0.3 is 5.97 Å². The molecular weight excluding hydrogens is 274 g/mol. The topological polar surface area (TPSA) is 42.7 Å². The number of nitrogens with zero attached hydrogens (tertiary/aromatic N) is 1. The van der Waals surface area contributed by atoms with Gasteiger partial charge in [-0.1, -0.05) is 0 Å². The maximum Gasteiger partial charge on any atom is 0.323 e. The smallest absolute Gasteiger partial charge is 0.323 e. The Morgan fingerprint density at radius 1 is 1.56 bits per heavy atom. The fourth-order valence-corrected chi connectivity index (χ4v) is 2.23. The lowest BCUT2D eigenvalue weighted by atomic mass is 10.1. The van der Waals surface area contributed by atoms with Gasteiger partial charge in [-0.2, -0.15) is 0 Å². The lowest BCUT2D eigenvalue weighted by Crippen LogP contribution is -2.34. The number of carbonyl (C=O) groups is 1. The van der Waals surface area contributed by atoms with Crippen molar-refractivity contribution in [3.63, 3.8) is 0 Å². The molecule has 2 heterocycles. The van der Waals surface area contributed by atoms with Crippen LogP contribution in [0.3, 0.4) is 0 Å². The summed E-state index contributed by atoms with van der Waals surface area (Å²) in [5.41, 5.74) is 0. The van der Waals surface area contributed by atoms with Gasteiger partial charge in [-0.05, 0) is 42.0 Å². The van der Waals surface area contributed by atoms with Crippen LogP contribution in [0.4, 0.5) is 0 Å². The molecule has 1 fully saturated rings. The Hall–Kier alpha value is -0.810. The van der Waals surface area contributed by atoms with Crippen LogP contribution in [-0.2, 0) is 16.1 Å². The highest BCUT2D eigenvalue weighted by atomic mass is 79.9. The molecule has 5 heteroatoms. The van der Waals surface area contributed by atoms with E-state index in [1.54, 1.807) is 0 Å². The van der Waals surface area contributed by atoms with Crippen molar-refractivity contribution >= 4 is 21.9 Å². The normalized spacial score (nSPS) is 25.1. The number of halogens is 1. The summed E-state index contributed by atoms with van der Waals surface area (Å²) in [6.45, 7) is 2.52. The van der Waals surface area contributed by atoms with Crippen molar-refractivity contribution < 1.29 is 13.9 Å². The number of hydrogen-bond acceptors (Lipinski definition) is 4. The fraction of sp³-hybridized carbons (Fsp3) is 0.545. The highest BCUT2D eigenvalue weighted by molar-refractivity contribution is 9.10. The lowest BCUT2D eigenvalue weighted by molar-refractivity contribution is -0.144. The van der Waals surface area contributed by atoms with Crippen LogP contribution >= 0.6 is 15.9 Å². The number of furan rings is 1. The third-order valence-electron chi connectivity index (χ3n) is 2.71. The average molecular weight is 288 g/mol. The van der Waals surface area contributed by atoms with Gasteiger partial charge in [0.1, 0.15) is 17.9 Å². The summed E-state index contributed by atoms with van der Waals surface area (Å²) < 4.78 is 11.2. The average Bonchev–Trinajstić information content (AvgIpc) is 2.73. The quantitative estimate of drug-likeness (QED) is 0.800. The molecule has 1 aliphatic rings. The molecule has 2 rings (SSSR count). The predicted molar refractivity (Wildman–Crippen MR) is 61.8 cm³/mol. The number of hydrogen-bond donors (Lipinski definition) is 0. The Morgan fingerprint density at radius 3 is 2.81 bits per heavy atom. The molecule has 0 spiro atoms. The van der Waals surface area contributed by atoms with Crippen molar-refractivity contribution in [2.24, 2.45) is 0 Å². The SMILES string of the molecule is C[C@H]1C[C@H](N(C)Cc2ccc(Br)o2)C(=O)O1. The molecule has 0 radical (unpaired) electrons. The first-order chi connectivity index (χ1) is 7.56. The lowest BCUT2D eigenvalue weighted by Gasteiger charge is -2.19. The molecule has 2 atom stereocenters. The zero-order chi connectivity index (χ0) is 11.7. The summed E-state index contributed by atoms with van der Waals surface area (Å²) in [6.07, 6.45) is 0.764. The zero-order valence-corrected chi connectivity index (χ0v) is 10.9. The second kappa shape index (κ2) is 4.59. The molecule has 0 saturated carbocycles. The maximum atomic E-state index is 11.5. The molecule has 4 nitrogen and oxygen atoms in total. The Bertz CT molecular complexity index is 390. The summed E-state index contributed by atoms with van der Waals surface area (Å²) in [4.78, 5) is 13.5. The van der Waals surface area contributed by atoms with Gasteiger partial charge < -0.3 is 9.15 Å². The Labute approximate surface area is 103 Å². The molecule has 16 heavy (non-hydrogen) atoms. The van der Waals surface area contributed by atoms with Crippen LogP contribution in [0.25, 0.3) is 0 Å². The Kier molecular flexibility index (Phi) is 3.35. The zero-order valence-electron chi connectivity index (χ0n) is 9.27. The van der Waals surface area contributed by atoms with Gasteiger partial charge in [0.15, 0.2) is 4.67 Å². The van der Waals surface area contributed by atoms with Crippen LogP contribution in [0.2, 0.25) is 0 Å². The van der Waals surface area contributed by atoms with Gasteiger partial charge in [-0.25, -0.2) is 0 Å². The largest absolute Gasteiger partial charge is 0.461 e. The Morgan fingerprint density at radius 2 is 2.31 bits per heavy atom. The molecule has 1 saturated heterocycles. The minimum atomic E-state index is -0.154. The van der Waals surface area contributed by atoms with Crippen molar-refractivity contribution in [2.75, 3.05) is 7.05 Å². The molecule has 0 aromatic carbocycles. The van der Waals surface area contributed by atoms with Crippen molar-refractivity contribution in [3.8, 4) is 0 Å². The number of ether oxygens (including phenoxy) is 1. The standard InChI is InChI=1S/C11H14BrNO3/c1-7-5-9(11(14)15-7)13(2)6-8-3-4-10(12)16-8/h3-4,7,9H,5-6H2,1-2H3/t7-,9-/m0/s1. The van der Waals surface area contributed by atoms with Crippen molar-refractivity contribution in [3.05, 3.63) is 22.6 Å². The van der Waals surface area contributed by atoms with Crippen molar-refractivity contribution in [2.45, 2.75) is 32.0 Å². The van der Waals surface area contributed by atoms with Crippen LogP contribution in [0.5, 0.6) is 0 Å². The van der Waals surface area contributed by atoms with E-state index < -0.39 is 0 Å². The van der Waals surface area contributed by atoms with E-state index in [0.29, 0.717) is 11.2 Å². The fourth-order valence-electron chi connectivity index (χ4n) is 1.89. The van der Waals surface area contributed by atoms with Crippen LogP contribution in [-0.4, -0.2) is 30.1 Å². The minimum Gasteiger partial charge on any atom is -0.461 e. The van der Waals surface area contributed by atoms with Crippen molar-refractivity contribution in [1.29, 1.82) is 0 Å². The van der Waals surface area contributed by atoms with Crippen LogP contribution in [0.15, 0.2) is 21.2 Å². The molecule has 0 N–H and O–H groups in total. The van der Waals surface area contributed by atoms with Crippen LogP contribution in [0, 0.1) is 0 Å². The van der Waals surface area contributed by atoms with Gasteiger partial charge in [0.25, 0.3) is 0 Å². The molecular formula is C11H14BrNO3. The number of carbonyl (C=O) groups excluding carboxylic acids is 1. The predicted octanol–water partition coefficient (Wildman–Crippen LogP) is 2.18. The van der Waals surface area contributed by atoms with Gasteiger partial charge in [0.2, 0.25) is 0 Å². The van der Waals surface area contributed by atoms with Crippen LogP contribution in [0.1, 0.15) is 19.1 Å². The molecule has 88 valence electrons. The molecule has 1 aromatic heterocycles.